The predicted molar refractivity (Wildman–Crippen MR) is 44.9 cm³/mol. The summed E-state index contributed by atoms with van der Waals surface area (Å²) in [7, 11) is 1.23. The molecule has 0 saturated carbocycles. The van der Waals surface area contributed by atoms with Crippen LogP contribution in [-0.2, 0) is 10.8 Å². The van der Waals surface area contributed by atoms with Gasteiger partial charge in [0, 0.05) is 36.6 Å². The van der Waals surface area contributed by atoms with E-state index in [-0.39, 0.29) is 0 Å². The number of nitrogens with zero attached hydrogens (tertiary/aromatic N) is 3. The second-order valence-electron chi connectivity index (χ2n) is 1.97. The Balaban J connectivity index is 0.000000218. The predicted octanol–water partition coefficient (Wildman–Crippen LogP) is 0.270. The second-order valence-corrected chi connectivity index (χ2v) is 3.45. The molecule has 0 aromatic rings. The van der Waals surface area contributed by atoms with Gasteiger partial charge in [-0.05, 0) is 0 Å². The summed E-state index contributed by atoms with van der Waals surface area (Å²) in [6, 6.07) is 0. The van der Waals surface area contributed by atoms with Crippen LogP contribution in [0.5, 0.6) is 0 Å². The van der Waals surface area contributed by atoms with Crippen LogP contribution in [-0.4, -0.2) is 28.8 Å². The average molecular weight is 176 g/mol. The van der Waals surface area contributed by atoms with Crippen molar-refractivity contribution in [1.82, 2.24) is 10.5 Å². The monoisotopic (exact) mass is 176 g/mol. The summed E-state index contributed by atoms with van der Waals surface area (Å²) < 4.78 is 9.56. The summed E-state index contributed by atoms with van der Waals surface area (Å²) >= 11 is 0. The molecule has 0 aromatic heterocycles. The molecule has 1 aliphatic heterocycles. The van der Waals surface area contributed by atoms with E-state index in [4.69, 9.17) is 0 Å². The molecule has 1 N–H and O–H groups in total. The molecule has 6 heteroatoms. The Bertz CT molecular complexity index is 175. The van der Waals surface area contributed by atoms with Crippen LogP contribution in [0, 0.1) is 0 Å². The van der Waals surface area contributed by atoms with E-state index in [9.17, 15) is 4.21 Å². The maximum atomic E-state index is 9.56. The van der Waals surface area contributed by atoms with Crippen molar-refractivity contribution in [3.05, 3.63) is 12.4 Å². The normalized spacial score (nSPS) is 14.0. The zero-order valence-corrected chi connectivity index (χ0v) is 7.63. The third-order valence-electron chi connectivity index (χ3n) is 0.617. The minimum Gasteiger partial charge on any atom is -0.280 e. The Morgan fingerprint density at radius 2 is 2.09 bits per heavy atom. The van der Waals surface area contributed by atoms with E-state index in [1.807, 2.05) is 7.05 Å². The molecule has 0 unspecified atom stereocenters. The van der Waals surface area contributed by atoms with Gasteiger partial charge in [-0.25, -0.2) is 5.53 Å². The largest absolute Gasteiger partial charge is 0.280 e. The maximum Gasteiger partial charge on any atom is 0.0692 e. The van der Waals surface area contributed by atoms with Gasteiger partial charge in [0.2, 0.25) is 0 Å². The van der Waals surface area contributed by atoms with Crippen LogP contribution >= 0.6 is 0 Å². The van der Waals surface area contributed by atoms with Crippen LogP contribution in [0.25, 0.3) is 0 Å². The van der Waals surface area contributed by atoms with Crippen molar-refractivity contribution in [3.63, 3.8) is 0 Å². The van der Waals surface area contributed by atoms with E-state index in [0.29, 0.717) is 0 Å². The lowest BCUT2D eigenvalue weighted by atomic mass is 10.9. The quantitative estimate of drug-likeness (QED) is 0.576. The molecule has 0 saturated heterocycles. The first-order valence-electron chi connectivity index (χ1n) is 2.93. The van der Waals surface area contributed by atoms with Crippen molar-refractivity contribution in [2.45, 2.75) is 0 Å². The standard InChI is InChI=1S/C3H6N4.C2H6OS/c1-7-3-2-4-5-6-7;1-4(2)3/h2-3H,1H3,(H,4,6);1-2H3. The zero-order chi connectivity index (χ0) is 8.69. The number of hydrazine groups is 1. The van der Waals surface area contributed by atoms with Crippen molar-refractivity contribution in [2.24, 2.45) is 10.3 Å². The first-order valence-corrected chi connectivity index (χ1v) is 4.89. The third-order valence-corrected chi connectivity index (χ3v) is 0.617. The molecule has 11 heavy (non-hydrogen) atoms. The highest BCUT2D eigenvalue weighted by molar-refractivity contribution is 7.83. The molecule has 0 spiro atoms. The molecule has 1 rings (SSSR count). The summed E-state index contributed by atoms with van der Waals surface area (Å²) in [6.07, 6.45) is 6.66. The SMILES string of the molecule is CN1C=CN=NN1.CS(C)=O. The third kappa shape index (κ3) is 9.09. The number of hydrogen-bond acceptors (Lipinski definition) is 5. The van der Waals surface area contributed by atoms with Crippen LogP contribution in [0.3, 0.4) is 0 Å². The maximum absolute atomic E-state index is 9.56. The van der Waals surface area contributed by atoms with Crippen molar-refractivity contribution < 1.29 is 4.21 Å². The van der Waals surface area contributed by atoms with Crippen molar-refractivity contribution in [1.29, 1.82) is 0 Å². The van der Waals surface area contributed by atoms with Crippen molar-refractivity contribution in [3.8, 4) is 0 Å². The Morgan fingerprint density at radius 3 is 2.27 bits per heavy atom. The van der Waals surface area contributed by atoms with E-state index in [2.05, 4.69) is 15.9 Å². The lowest BCUT2D eigenvalue weighted by Gasteiger charge is -2.11. The Morgan fingerprint density at radius 1 is 1.55 bits per heavy atom. The first-order chi connectivity index (χ1) is 5.13. The second kappa shape index (κ2) is 5.84. The topological polar surface area (TPSA) is 57.1 Å². The van der Waals surface area contributed by atoms with Crippen molar-refractivity contribution in [2.75, 3.05) is 19.6 Å². The van der Waals surface area contributed by atoms with Gasteiger partial charge in [0.15, 0.2) is 0 Å². The van der Waals surface area contributed by atoms with Crippen LogP contribution in [0.2, 0.25) is 0 Å². The fourth-order valence-corrected chi connectivity index (χ4v) is 0.293. The van der Waals surface area contributed by atoms with Gasteiger partial charge in [-0.15, -0.1) is 5.11 Å². The van der Waals surface area contributed by atoms with E-state index in [1.54, 1.807) is 29.9 Å². The molecule has 1 aliphatic rings. The molecule has 0 aromatic carbocycles. The van der Waals surface area contributed by atoms with E-state index in [0.717, 1.165) is 0 Å². The van der Waals surface area contributed by atoms with Crippen molar-refractivity contribution >= 4 is 10.8 Å². The Labute approximate surface area is 68.6 Å². The Kier molecular flexibility index (Phi) is 5.36. The fourth-order valence-electron chi connectivity index (χ4n) is 0.293. The molecular formula is C5H12N4OS. The number of rotatable bonds is 0. The summed E-state index contributed by atoms with van der Waals surface area (Å²) in [4.78, 5) is 0. The first kappa shape index (κ1) is 10.1. The molecule has 5 nitrogen and oxygen atoms in total. The van der Waals surface area contributed by atoms with Gasteiger partial charge in [-0.1, -0.05) is 5.22 Å². The van der Waals surface area contributed by atoms with Gasteiger partial charge >= 0.3 is 0 Å². The van der Waals surface area contributed by atoms with Gasteiger partial charge in [0.25, 0.3) is 0 Å². The average Bonchev–Trinajstić information content (AvgIpc) is 1.87. The smallest absolute Gasteiger partial charge is 0.0692 e. The van der Waals surface area contributed by atoms with Gasteiger partial charge in [-0.3, -0.25) is 9.22 Å². The van der Waals surface area contributed by atoms with Gasteiger partial charge < -0.3 is 0 Å². The molecule has 0 radical (unpaired) electrons. The highest BCUT2D eigenvalue weighted by atomic mass is 32.2. The van der Waals surface area contributed by atoms with Crippen LogP contribution in [0.15, 0.2) is 22.7 Å². The van der Waals surface area contributed by atoms with E-state index >= 15 is 0 Å². The summed E-state index contributed by atoms with van der Waals surface area (Å²) in [5, 5.41) is 8.69. The Hall–Kier alpha value is -0.910. The molecule has 64 valence electrons. The summed E-state index contributed by atoms with van der Waals surface area (Å²) in [5.41, 5.74) is 2.59. The zero-order valence-electron chi connectivity index (χ0n) is 6.81. The van der Waals surface area contributed by atoms with Crippen LogP contribution in [0.1, 0.15) is 0 Å². The molecule has 0 fully saturated rings. The summed E-state index contributed by atoms with van der Waals surface area (Å²) in [6.45, 7) is 0. The summed E-state index contributed by atoms with van der Waals surface area (Å²) in [5.74, 6) is 0. The number of hydrogen-bond donors (Lipinski definition) is 1. The molecule has 0 aliphatic carbocycles. The molecular weight excluding hydrogens is 164 g/mol. The number of nitrogens with one attached hydrogen (secondary N) is 1. The minimum atomic E-state index is -0.611. The van der Waals surface area contributed by atoms with Gasteiger partial charge in [0.1, 0.15) is 0 Å². The molecule has 1 heterocycles. The molecule has 0 atom stereocenters. The molecule has 0 amide bonds. The van der Waals surface area contributed by atoms with E-state index in [1.165, 1.54) is 0 Å². The van der Waals surface area contributed by atoms with Gasteiger partial charge in [-0.2, -0.15) is 0 Å². The van der Waals surface area contributed by atoms with E-state index < -0.39 is 10.8 Å². The van der Waals surface area contributed by atoms with Crippen LogP contribution in [0.4, 0.5) is 0 Å². The highest BCUT2D eigenvalue weighted by Gasteiger charge is 1.85. The lowest BCUT2D eigenvalue weighted by molar-refractivity contribution is 0.314. The lowest BCUT2D eigenvalue weighted by Crippen LogP contribution is -2.24. The fraction of sp³-hybridized carbons (Fsp3) is 0.600. The van der Waals surface area contributed by atoms with Crippen LogP contribution < -0.4 is 5.53 Å². The highest BCUT2D eigenvalue weighted by Crippen LogP contribution is 1.86. The van der Waals surface area contributed by atoms with Gasteiger partial charge in [0.05, 0.1) is 6.20 Å². The minimum absolute atomic E-state index is 0.611. The molecule has 0 bridgehead atoms.